The zero-order valence-corrected chi connectivity index (χ0v) is 19.5. The quantitative estimate of drug-likeness (QED) is 0.330. The second-order valence-corrected chi connectivity index (χ2v) is 9.25. The standard InChI is InChI=1S/C23H43N3O3/c1-8-13-24-26(19(3)4)22(6,7)18-23(12-10-11-20(5)17-23)29-16-15-25(14-9-2)21(27)28/h13,20H,3,8-12,14-18H2,1-2,4-7H3,(H,27,28)/b24-13-. The third-order valence-electron chi connectivity index (χ3n) is 5.65. The lowest BCUT2D eigenvalue weighted by molar-refractivity contribution is -0.111. The topological polar surface area (TPSA) is 65.4 Å². The number of nitrogens with zero attached hydrogens (tertiary/aromatic N) is 3. The van der Waals surface area contributed by atoms with Crippen molar-refractivity contribution in [3.05, 3.63) is 12.3 Å². The minimum Gasteiger partial charge on any atom is -0.465 e. The van der Waals surface area contributed by atoms with Gasteiger partial charge < -0.3 is 14.7 Å². The number of amides is 1. The Hall–Kier alpha value is -1.56. The van der Waals surface area contributed by atoms with E-state index in [1.165, 1.54) is 11.3 Å². The number of hydrogen-bond donors (Lipinski definition) is 1. The van der Waals surface area contributed by atoms with Gasteiger partial charge in [0.15, 0.2) is 0 Å². The Morgan fingerprint density at radius 2 is 2.07 bits per heavy atom. The molecule has 6 nitrogen and oxygen atoms in total. The number of carbonyl (C=O) groups is 1. The Morgan fingerprint density at radius 1 is 1.38 bits per heavy atom. The second kappa shape index (κ2) is 11.6. The number of hydrazone groups is 1. The molecule has 0 aliphatic heterocycles. The lowest BCUT2D eigenvalue weighted by atomic mass is 9.72. The van der Waals surface area contributed by atoms with Crippen LogP contribution in [-0.2, 0) is 4.74 Å². The summed E-state index contributed by atoms with van der Waals surface area (Å²) < 4.78 is 6.53. The number of rotatable bonds is 12. The monoisotopic (exact) mass is 409 g/mol. The summed E-state index contributed by atoms with van der Waals surface area (Å²) in [5.74, 6) is 0.600. The Bertz CT molecular complexity index is 562. The van der Waals surface area contributed by atoms with Gasteiger partial charge in [-0.25, -0.2) is 4.79 Å². The van der Waals surface area contributed by atoms with Crippen LogP contribution in [0.25, 0.3) is 0 Å². The molecule has 0 aromatic rings. The maximum Gasteiger partial charge on any atom is 0.407 e. The SMILES string of the molecule is C=C(C)N(/N=C\CC)C(C)(C)CC1(OCCN(CCC)C(=O)O)CCCC(C)C1. The Balaban J connectivity index is 2.97. The molecule has 29 heavy (non-hydrogen) atoms. The van der Waals surface area contributed by atoms with Gasteiger partial charge in [0.05, 0.1) is 17.7 Å². The highest BCUT2D eigenvalue weighted by Crippen LogP contribution is 2.42. The summed E-state index contributed by atoms with van der Waals surface area (Å²) in [7, 11) is 0. The third-order valence-corrected chi connectivity index (χ3v) is 5.65. The minimum atomic E-state index is -0.871. The maximum absolute atomic E-state index is 11.4. The van der Waals surface area contributed by atoms with Crippen LogP contribution in [0.2, 0.25) is 0 Å². The first-order chi connectivity index (χ1) is 13.6. The Labute approximate surface area is 178 Å². The molecular weight excluding hydrogens is 366 g/mol. The number of ether oxygens (including phenoxy) is 1. The first-order valence-corrected chi connectivity index (χ1v) is 11.2. The maximum atomic E-state index is 11.4. The predicted octanol–water partition coefficient (Wildman–Crippen LogP) is 5.74. The van der Waals surface area contributed by atoms with Crippen molar-refractivity contribution < 1.29 is 14.6 Å². The average Bonchev–Trinajstić information content (AvgIpc) is 2.60. The summed E-state index contributed by atoms with van der Waals surface area (Å²) in [6.07, 6.45) is 7.93. The largest absolute Gasteiger partial charge is 0.465 e. The molecule has 1 aliphatic carbocycles. The molecule has 1 fully saturated rings. The van der Waals surface area contributed by atoms with Gasteiger partial charge in [-0.3, -0.25) is 5.01 Å². The van der Waals surface area contributed by atoms with E-state index in [9.17, 15) is 9.90 Å². The smallest absolute Gasteiger partial charge is 0.407 e. The highest BCUT2D eigenvalue weighted by Gasteiger charge is 2.43. The fourth-order valence-electron chi connectivity index (χ4n) is 4.70. The van der Waals surface area contributed by atoms with Crippen LogP contribution in [0, 0.1) is 5.92 Å². The van der Waals surface area contributed by atoms with Crippen molar-refractivity contribution in [1.29, 1.82) is 0 Å². The highest BCUT2D eigenvalue weighted by atomic mass is 16.5. The van der Waals surface area contributed by atoms with E-state index in [0.717, 1.165) is 44.2 Å². The normalized spacial score (nSPS) is 22.6. The molecule has 168 valence electrons. The van der Waals surface area contributed by atoms with Crippen LogP contribution in [0.5, 0.6) is 0 Å². The van der Waals surface area contributed by atoms with Crippen LogP contribution in [-0.4, -0.2) is 58.2 Å². The molecule has 1 amide bonds. The molecule has 0 spiro atoms. The highest BCUT2D eigenvalue weighted by molar-refractivity contribution is 5.64. The first-order valence-electron chi connectivity index (χ1n) is 11.2. The van der Waals surface area contributed by atoms with Gasteiger partial charge in [-0.1, -0.05) is 40.2 Å². The lowest BCUT2D eigenvalue weighted by Gasteiger charge is -2.47. The zero-order valence-electron chi connectivity index (χ0n) is 19.5. The van der Waals surface area contributed by atoms with E-state index in [4.69, 9.17) is 4.74 Å². The van der Waals surface area contributed by atoms with E-state index in [2.05, 4.69) is 39.4 Å². The van der Waals surface area contributed by atoms with Gasteiger partial charge in [-0.05, 0) is 52.4 Å². The van der Waals surface area contributed by atoms with E-state index in [-0.39, 0.29) is 11.1 Å². The van der Waals surface area contributed by atoms with Crippen LogP contribution in [0.1, 0.15) is 86.5 Å². The Kier molecular flexibility index (Phi) is 10.2. The molecule has 2 atom stereocenters. The molecule has 0 saturated heterocycles. The van der Waals surface area contributed by atoms with Crippen molar-refractivity contribution in [2.75, 3.05) is 19.7 Å². The first kappa shape index (κ1) is 25.5. The Morgan fingerprint density at radius 3 is 2.59 bits per heavy atom. The second-order valence-electron chi connectivity index (χ2n) is 9.25. The summed E-state index contributed by atoms with van der Waals surface area (Å²) in [6.45, 7) is 18.3. The van der Waals surface area contributed by atoms with E-state index >= 15 is 0 Å². The van der Waals surface area contributed by atoms with Crippen LogP contribution < -0.4 is 0 Å². The van der Waals surface area contributed by atoms with Gasteiger partial charge >= 0.3 is 6.09 Å². The molecule has 0 heterocycles. The van der Waals surface area contributed by atoms with Gasteiger partial charge in [-0.15, -0.1) is 0 Å². The van der Waals surface area contributed by atoms with Crippen LogP contribution in [0.4, 0.5) is 4.79 Å². The fourth-order valence-corrected chi connectivity index (χ4v) is 4.70. The van der Waals surface area contributed by atoms with Gasteiger partial charge in [0.25, 0.3) is 0 Å². The van der Waals surface area contributed by atoms with Crippen LogP contribution >= 0.6 is 0 Å². The predicted molar refractivity (Wildman–Crippen MR) is 120 cm³/mol. The van der Waals surface area contributed by atoms with Gasteiger partial charge in [0.1, 0.15) is 0 Å². The number of hydrogen-bond acceptors (Lipinski definition) is 4. The summed E-state index contributed by atoms with van der Waals surface area (Å²) in [5, 5.41) is 16.1. The van der Waals surface area contributed by atoms with Gasteiger partial charge in [0.2, 0.25) is 0 Å². The van der Waals surface area contributed by atoms with Gasteiger partial charge in [0, 0.05) is 31.4 Å². The molecule has 1 rings (SSSR count). The molecule has 2 unspecified atom stereocenters. The lowest BCUT2D eigenvalue weighted by Crippen LogP contribution is -2.50. The number of allylic oxidation sites excluding steroid dienone is 1. The van der Waals surface area contributed by atoms with E-state index < -0.39 is 6.09 Å². The third kappa shape index (κ3) is 8.00. The van der Waals surface area contributed by atoms with Crippen molar-refractivity contribution in [2.24, 2.45) is 11.0 Å². The fraction of sp³-hybridized carbons (Fsp3) is 0.826. The minimum absolute atomic E-state index is 0.246. The van der Waals surface area contributed by atoms with E-state index in [0.29, 0.717) is 25.6 Å². The molecule has 0 bridgehead atoms. The molecule has 0 aromatic heterocycles. The molecule has 1 aliphatic rings. The molecule has 0 aromatic carbocycles. The summed E-state index contributed by atoms with van der Waals surface area (Å²) in [6, 6.07) is 0. The molecule has 1 saturated carbocycles. The molecule has 0 radical (unpaired) electrons. The van der Waals surface area contributed by atoms with Crippen LogP contribution in [0.15, 0.2) is 17.4 Å². The van der Waals surface area contributed by atoms with Crippen molar-refractivity contribution in [3.8, 4) is 0 Å². The zero-order chi connectivity index (χ0) is 22.1. The van der Waals surface area contributed by atoms with Crippen molar-refractivity contribution in [2.45, 2.75) is 97.6 Å². The van der Waals surface area contributed by atoms with Crippen molar-refractivity contribution in [1.82, 2.24) is 9.91 Å². The van der Waals surface area contributed by atoms with Crippen molar-refractivity contribution in [3.63, 3.8) is 0 Å². The summed E-state index contributed by atoms with van der Waals surface area (Å²) >= 11 is 0. The van der Waals surface area contributed by atoms with E-state index in [1.807, 2.05) is 25.1 Å². The summed E-state index contributed by atoms with van der Waals surface area (Å²) in [4.78, 5) is 12.9. The van der Waals surface area contributed by atoms with Crippen LogP contribution in [0.3, 0.4) is 0 Å². The van der Waals surface area contributed by atoms with Gasteiger partial charge in [-0.2, -0.15) is 5.10 Å². The van der Waals surface area contributed by atoms with Crippen molar-refractivity contribution >= 4 is 12.3 Å². The summed E-state index contributed by atoms with van der Waals surface area (Å²) in [5.41, 5.74) is 0.413. The van der Waals surface area contributed by atoms with E-state index in [1.54, 1.807) is 0 Å². The molecule has 1 N–H and O–H groups in total. The molecular formula is C23H43N3O3. The number of carboxylic acid groups (broad SMARTS) is 1. The molecule has 6 heteroatoms. The average molecular weight is 410 g/mol.